The number of unbranched alkanes of at least 4 members (excludes halogenated alkanes) is 4. The van der Waals surface area contributed by atoms with Crippen molar-refractivity contribution < 1.29 is 28.8 Å². The highest BCUT2D eigenvalue weighted by molar-refractivity contribution is 7.46. The Hall–Kier alpha value is -1.24. The molecule has 0 aliphatic heterocycles. The monoisotopic (exact) mass is 373 g/mol. The van der Waals surface area contributed by atoms with Crippen LogP contribution in [0.2, 0.25) is 0 Å². The third-order valence-electron chi connectivity index (χ3n) is 3.81. The molecule has 0 bridgehead atoms. The van der Waals surface area contributed by atoms with Gasteiger partial charge < -0.3 is 20.2 Å². The number of phosphoric ester groups is 1. The largest absolute Gasteiger partial charge is 0.470 e. The lowest BCUT2D eigenvalue weighted by atomic mass is 10.0. The van der Waals surface area contributed by atoms with Crippen LogP contribution in [0.4, 0.5) is 0 Å². The summed E-state index contributed by atoms with van der Waals surface area (Å²) in [6.45, 7) is 1.48. The quantitative estimate of drug-likeness (QED) is 0.331. The summed E-state index contributed by atoms with van der Waals surface area (Å²) >= 11 is 0. The Kier molecular flexibility index (Phi) is 9.93. The minimum absolute atomic E-state index is 0.238. The van der Waals surface area contributed by atoms with Crippen LogP contribution in [0.5, 0.6) is 0 Å². The number of hydrogen-bond donors (Lipinski definition) is 4. The van der Waals surface area contributed by atoms with Gasteiger partial charge in [0.2, 0.25) is 5.91 Å². The third-order valence-corrected chi connectivity index (χ3v) is 4.35. The Balaban J connectivity index is 2.75. The number of amides is 1. The van der Waals surface area contributed by atoms with Crippen LogP contribution in [0.1, 0.15) is 57.1 Å². The molecular formula is C17H28NO6P. The molecule has 1 rings (SSSR count). The van der Waals surface area contributed by atoms with Gasteiger partial charge in [-0.25, -0.2) is 4.57 Å². The van der Waals surface area contributed by atoms with Crippen LogP contribution < -0.4 is 5.32 Å². The van der Waals surface area contributed by atoms with Crippen molar-refractivity contribution in [2.75, 3.05) is 6.61 Å². The second-order valence-corrected chi connectivity index (χ2v) is 7.13. The van der Waals surface area contributed by atoms with Crippen molar-refractivity contribution >= 4 is 13.7 Å². The number of aliphatic hydroxyl groups excluding tert-OH is 1. The first-order valence-corrected chi connectivity index (χ1v) is 10.1. The van der Waals surface area contributed by atoms with E-state index in [4.69, 9.17) is 9.79 Å². The SMILES string of the molecule is CCCCCCCC(=O)N[C@H](c1ccccc1)[C@H](CO)OP(=O)(O)O. The molecule has 0 heterocycles. The summed E-state index contributed by atoms with van der Waals surface area (Å²) in [7, 11) is -4.80. The highest BCUT2D eigenvalue weighted by Gasteiger charge is 2.31. The average molecular weight is 373 g/mol. The molecule has 0 spiro atoms. The van der Waals surface area contributed by atoms with Crippen molar-refractivity contribution in [2.24, 2.45) is 0 Å². The first-order chi connectivity index (χ1) is 11.9. The van der Waals surface area contributed by atoms with E-state index >= 15 is 0 Å². The highest BCUT2D eigenvalue weighted by atomic mass is 31.2. The van der Waals surface area contributed by atoms with Gasteiger partial charge in [0.1, 0.15) is 6.10 Å². The zero-order valence-corrected chi connectivity index (χ0v) is 15.4. The molecule has 0 unspecified atom stereocenters. The Morgan fingerprint density at radius 3 is 2.36 bits per heavy atom. The normalized spacial score (nSPS) is 14.1. The average Bonchev–Trinajstić information content (AvgIpc) is 2.57. The van der Waals surface area contributed by atoms with E-state index in [0.717, 1.165) is 32.1 Å². The van der Waals surface area contributed by atoms with Crippen LogP contribution in [-0.2, 0) is 13.9 Å². The lowest BCUT2D eigenvalue weighted by Gasteiger charge is -2.27. The molecule has 8 heteroatoms. The van der Waals surface area contributed by atoms with Gasteiger partial charge in [-0.1, -0.05) is 62.9 Å². The standard InChI is InChI=1S/C17H28NO6P/c1-2-3-4-5-9-12-16(20)18-17(14-10-7-6-8-11-14)15(13-19)24-25(21,22)23/h6-8,10-11,15,17,19H,2-5,9,12-13H2,1H3,(H,18,20)(H2,21,22,23)/t15-,17+/m0/s1. The molecule has 25 heavy (non-hydrogen) atoms. The maximum Gasteiger partial charge on any atom is 0.470 e. The van der Waals surface area contributed by atoms with Crippen LogP contribution >= 0.6 is 7.82 Å². The fourth-order valence-electron chi connectivity index (χ4n) is 2.56. The lowest BCUT2D eigenvalue weighted by molar-refractivity contribution is -0.123. The van der Waals surface area contributed by atoms with Gasteiger partial charge >= 0.3 is 7.82 Å². The van der Waals surface area contributed by atoms with E-state index in [1.54, 1.807) is 30.3 Å². The Bertz CT molecular complexity index is 547. The number of aliphatic hydroxyl groups is 1. The van der Waals surface area contributed by atoms with Crippen LogP contribution in [0, 0.1) is 0 Å². The van der Waals surface area contributed by atoms with Crippen LogP contribution in [-0.4, -0.2) is 33.5 Å². The van der Waals surface area contributed by atoms with Gasteiger partial charge in [-0.15, -0.1) is 0 Å². The topological polar surface area (TPSA) is 116 Å². The molecule has 0 fully saturated rings. The second-order valence-electron chi connectivity index (χ2n) is 5.94. The summed E-state index contributed by atoms with van der Waals surface area (Å²) in [6.07, 6.45) is 4.12. The molecule has 2 atom stereocenters. The maximum absolute atomic E-state index is 12.2. The summed E-state index contributed by atoms with van der Waals surface area (Å²) in [4.78, 5) is 30.3. The molecule has 0 aromatic heterocycles. The van der Waals surface area contributed by atoms with E-state index in [-0.39, 0.29) is 5.91 Å². The molecule has 1 amide bonds. The molecule has 1 aromatic rings. The van der Waals surface area contributed by atoms with E-state index in [0.29, 0.717) is 12.0 Å². The van der Waals surface area contributed by atoms with E-state index in [1.807, 2.05) is 0 Å². The fourth-order valence-corrected chi connectivity index (χ4v) is 3.10. The van der Waals surface area contributed by atoms with Crippen LogP contribution in [0.25, 0.3) is 0 Å². The number of phosphoric acid groups is 1. The number of nitrogens with one attached hydrogen (secondary N) is 1. The van der Waals surface area contributed by atoms with Gasteiger partial charge in [0.25, 0.3) is 0 Å². The zero-order chi connectivity index (χ0) is 18.7. The number of carbonyl (C=O) groups excluding carboxylic acids is 1. The van der Waals surface area contributed by atoms with E-state index in [2.05, 4.69) is 16.8 Å². The van der Waals surface area contributed by atoms with Crippen molar-refractivity contribution in [3.63, 3.8) is 0 Å². The third kappa shape index (κ3) is 9.14. The van der Waals surface area contributed by atoms with Crippen LogP contribution in [0.3, 0.4) is 0 Å². The van der Waals surface area contributed by atoms with E-state index in [9.17, 15) is 14.5 Å². The molecule has 1 aromatic carbocycles. The minimum Gasteiger partial charge on any atom is -0.394 e. The first-order valence-electron chi connectivity index (χ1n) is 8.56. The summed E-state index contributed by atoms with van der Waals surface area (Å²) < 4.78 is 15.8. The molecular weight excluding hydrogens is 345 g/mol. The summed E-state index contributed by atoms with van der Waals surface area (Å²) in [5.74, 6) is -0.238. The molecule has 0 saturated carbocycles. The molecule has 0 aliphatic carbocycles. The van der Waals surface area contributed by atoms with Gasteiger partial charge in [0.15, 0.2) is 0 Å². The smallest absolute Gasteiger partial charge is 0.394 e. The molecule has 0 saturated heterocycles. The predicted octanol–water partition coefficient (Wildman–Crippen LogP) is 2.67. The van der Waals surface area contributed by atoms with Gasteiger partial charge in [-0.05, 0) is 12.0 Å². The van der Waals surface area contributed by atoms with Crippen molar-refractivity contribution in [3.05, 3.63) is 35.9 Å². The highest BCUT2D eigenvalue weighted by Crippen LogP contribution is 2.40. The van der Waals surface area contributed by atoms with Gasteiger partial charge in [0.05, 0.1) is 12.6 Å². The number of hydrogen-bond acceptors (Lipinski definition) is 4. The summed E-state index contributed by atoms with van der Waals surface area (Å²) in [5, 5.41) is 12.2. The molecule has 7 nitrogen and oxygen atoms in total. The second kappa shape index (κ2) is 11.4. The van der Waals surface area contributed by atoms with Crippen molar-refractivity contribution in [2.45, 2.75) is 57.6 Å². The van der Waals surface area contributed by atoms with E-state index < -0.39 is 26.6 Å². The summed E-state index contributed by atoms with van der Waals surface area (Å²) in [6, 6.07) is 7.84. The Labute approximate surface area is 148 Å². The Morgan fingerprint density at radius 2 is 1.80 bits per heavy atom. The van der Waals surface area contributed by atoms with Crippen LogP contribution in [0.15, 0.2) is 30.3 Å². The van der Waals surface area contributed by atoms with Gasteiger partial charge in [-0.2, -0.15) is 0 Å². The predicted molar refractivity (Wildman–Crippen MR) is 94.7 cm³/mol. The zero-order valence-electron chi connectivity index (χ0n) is 14.5. The maximum atomic E-state index is 12.2. The van der Waals surface area contributed by atoms with Gasteiger partial charge in [0, 0.05) is 6.42 Å². The molecule has 0 radical (unpaired) electrons. The molecule has 0 aliphatic rings. The number of rotatable bonds is 12. The fraction of sp³-hybridized carbons (Fsp3) is 0.588. The minimum atomic E-state index is -4.80. The first kappa shape index (κ1) is 21.8. The van der Waals surface area contributed by atoms with Gasteiger partial charge in [-0.3, -0.25) is 9.32 Å². The van der Waals surface area contributed by atoms with E-state index in [1.165, 1.54) is 0 Å². The molecule has 4 N–H and O–H groups in total. The molecule has 142 valence electrons. The Morgan fingerprint density at radius 1 is 1.16 bits per heavy atom. The lowest BCUT2D eigenvalue weighted by Crippen LogP contribution is -2.39. The number of benzene rings is 1. The number of carbonyl (C=O) groups is 1. The van der Waals surface area contributed by atoms with Crippen molar-refractivity contribution in [3.8, 4) is 0 Å². The van der Waals surface area contributed by atoms with Crippen molar-refractivity contribution in [1.82, 2.24) is 5.32 Å². The van der Waals surface area contributed by atoms with Crippen molar-refractivity contribution in [1.29, 1.82) is 0 Å². The summed E-state index contributed by atoms with van der Waals surface area (Å²) in [5.41, 5.74) is 0.606.